The predicted molar refractivity (Wildman–Crippen MR) is 58.7 cm³/mol. The third-order valence-electron chi connectivity index (χ3n) is 1.92. The molecule has 0 heterocycles. The second-order valence-corrected chi connectivity index (χ2v) is 2.96. The zero-order chi connectivity index (χ0) is 11.1. The Kier molecular flexibility index (Phi) is 4.41. The molecule has 0 fully saturated rings. The number of benzene rings is 1. The monoisotopic (exact) mass is 206 g/mol. The van der Waals surface area contributed by atoms with Crippen LogP contribution in [0.3, 0.4) is 0 Å². The summed E-state index contributed by atoms with van der Waals surface area (Å²) >= 11 is 0. The summed E-state index contributed by atoms with van der Waals surface area (Å²) in [5.74, 6) is 0.560. The SMILES string of the molecule is COC(=O)C/C=C\c1cccc(OC)c1. The topological polar surface area (TPSA) is 35.5 Å². The molecule has 0 saturated carbocycles. The summed E-state index contributed by atoms with van der Waals surface area (Å²) in [6.07, 6.45) is 3.91. The lowest BCUT2D eigenvalue weighted by molar-refractivity contribution is -0.139. The Bertz CT molecular complexity index is 356. The quantitative estimate of drug-likeness (QED) is 0.709. The van der Waals surface area contributed by atoms with Crippen LogP contribution in [0.4, 0.5) is 0 Å². The zero-order valence-corrected chi connectivity index (χ0v) is 8.90. The summed E-state index contributed by atoms with van der Waals surface area (Å²) in [7, 11) is 3.00. The number of hydrogen-bond acceptors (Lipinski definition) is 3. The average Bonchev–Trinajstić information content (AvgIpc) is 2.29. The van der Waals surface area contributed by atoms with Crippen molar-refractivity contribution in [2.75, 3.05) is 14.2 Å². The first kappa shape index (κ1) is 11.3. The number of methoxy groups -OCH3 is 2. The molecule has 0 aliphatic heterocycles. The van der Waals surface area contributed by atoms with Crippen LogP contribution in [0, 0.1) is 0 Å². The maximum absolute atomic E-state index is 10.8. The molecule has 0 aliphatic rings. The number of hydrogen-bond donors (Lipinski definition) is 0. The van der Waals surface area contributed by atoms with E-state index in [2.05, 4.69) is 4.74 Å². The molecule has 0 spiro atoms. The molecule has 1 aromatic carbocycles. The molecule has 1 rings (SSSR count). The van der Waals surface area contributed by atoms with Gasteiger partial charge in [-0.3, -0.25) is 4.79 Å². The van der Waals surface area contributed by atoms with Crippen molar-refractivity contribution in [1.29, 1.82) is 0 Å². The number of rotatable bonds is 4. The third kappa shape index (κ3) is 3.85. The molecule has 0 bridgehead atoms. The summed E-state index contributed by atoms with van der Waals surface area (Å²) in [6.45, 7) is 0. The van der Waals surface area contributed by atoms with E-state index in [1.807, 2.05) is 30.3 Å². The highest BCUT2D eigenvalue weighted by molar-refractivity contribution is 5.72. The first-order valence-electron chi connectivity index (χ1n) is 4.63. The zero-order valence-electron chi connectivity index (χ0n) is 8.90. The van der Waals surface area contributed by atoms with Crippen LogP contribution >= 0.6 is 0 Å². The smallest absolute Gasteiger partial charge is 0.309 e. The number of carbonyl (C=O) groups excluding carboxylic acids is 1. The highest BCUT2D eigenvalue weighted by Crippen LogP contribution is 2.13. The Hall–Kier alpha value is -1.77. The van der Waals surface area contributed by atoms with E-state index in [1.54, 1.807) is 13.2 Å². The van der Waals surface area contributed by atoms with Crippen LogP contribution in [0.1, 0.15) is 12.0 Å². The van der Waals surface area contributed by atoms with E-state index in [0.717, 1.165) is 11.3 Å². The minimum Gasteiger partial charge on any atom is -0.497 e. The van der Waals surface area contributed by atoms with Crippen molar-refractivity contribution in [3.05, 3.63) is 35.9 Å². The summed E-state index contributed by atoms with van der Waals surface area (Å²) in [4.78, 5) is 10.8. The Morgan fingerprint density at radius 3 is 2.87 bits per heavy atom. The van der Waals surface area contributed by atoms with Crippen LogP contribution in [0.5, 0.6) is 5.75 Å². The van der Waals surface area contributed by atoms with E-state index < -0.39 is 0 Å². The van der Waals surface area contributed by atoms with Gasteiger partial charge in [0.05, 0.1) is 20.6 Å². The van der Waals surface area contributed by atoms with Crippen LogP contribution in [-0.4, -0.2) is 20.2 Å². The molecule has 0 aliphatic carbocycles. The molecule has 3 heteroatoms. The van der Waals surface area contributed by atoms with Gasteiger partial charge >= 0.3 is 5.97 Å². The normalized spacial score (nSPS) is 10.3. The Labute approximate surface area is 89.3 Å². The van der Waals surface area contributed by atoms with Gasteiger partial charge in [0.15, 0.2) is 0 Å². The van der Waals surface area contributed by atoms with E-state index in [0.29, 0.717) is 0 Å². The number of esters is 1. The molecular formula is C12H14O3. The third-order valence-corrected chi connectivity index (χ3v) is 1.92. The fourth-order valence-electron chi connectivity index (χ4n) is 1.12. The van der Waals surface area contributed by atoms with E-state index in [1.165, 1.54) is 7.11 Å². The fourth-order valence-corrected chi connectivity index (χ4v) is 1.12. The lowest BCUT2D eigenvalue weighted by Crippen LogP contribution is -1.96. The van der Waals surface area contributed by atoms with Crippen LogP contribution < -0.4 is 4.74 Å². The summed E-state index contributed by atoms with van der Waals surface area (Å²) < 4.78 is 9.60. The molecule has 80 valence electrons. The second kappa shape index (κ2) is 5.86. The van der Waals surface area contributed by atoms with Crippen molar-refractivity contribution in [3.8, 4) is 5.75 Å². The maximum atomic E-state index is 10.8. The molecule has 1 aromatic rings. The largest absolute Gasteiger partial charge is 0.497 e. The van der Waals surface area contributed by atoms with Gasteiger partial charge in [0, 0.05) is 0 Å². The summed E-state index contributed by atoms with van der Waals surface area (Å²) in [6, 6.07) is 7.61. The Morgan fingerprint density at radius 1 is 1.40 bits per heavy atom. The second-order valence-electron chi connectivity index (χ2n) is 2.96. The maximum Gasteiger partial charge on any atom is 0.309 e. The van der Waals surface area contributed by atoms with Gasteiger partial charge in [-0.25, -0.2) is 0 Å². The molecule has 0 unspecified atom stereocenters. The van der Waals surface area contributed by atoms with Gasteiger partial charge in [-0.05, 0) is 17.7 Å². The van der Waals surface area contributed by atoms with E-state index in [4.69, 9.17) is 4.74 Å². The van der Waals surface area contributed by atoms with Crippen LogP contribution in [-0.2, 0) is 9.53 Å². The lowest BCUT2D eigenvalue weighted by Gasteiger charge is -1.99. The van der Waals surface area contributed by atoms with E-state index >= 15 is 0 Å². The van der Waals surface area contributed by atoms with Crippen LogP contribution in [0.15, 0.2) is 30.3 Å². The molecule has 15 heavy (non-hydrogen) atoms. The highest BCUT2D eigenvalue weighted by atomic mass is 16.5. The number of ether oxygens (including phenoxy) is 2. The molecule has 0 saturated heterocycles. The minimum atomic E-state index is -0.242. The van der Waals surface area contributed by atoms with Gasteiger partial charge in [-0.15, -0.1) is 0 Å². The van der Waals surface area contributed by atoms with Crippen LogP contribution in [0.2, 0.25) is 0 Å². The molecular weight excluding hydrogens is 192 g/mol. The molecule has 0 amide bonds. The van der Waals surface area contributed by atoms with Crippen molar-refractivity contribution in [2.24, 2.45) is 0 Å². The van der Waals surface area contributed by atoms with Crippen molar-refractivity contribution < 1.29 is 14.3 Å². The van der Waals surface area contributed by atoms with Gasteiger partial charge in [0.1, 0.15) is 5.75 Å². The summed E-state index contributed by atoms with van der Waals surface area (Å²) in [5.41, 5.74) is 0.998. The molecule has 3 nitrogen and oxygen atoms in total. The predicted octanol–water partition coefficient (Wildman–Crippen LogP) is 2.27. The van der Waals surface area contributed by atoms with Crippen molar-refractivity contribution in [3.63, 3.8) is 0 Å². The van der Waals surface area contributed by atoms with Gasteiger partial charge in [-0.2, -0.15) is 0 Å². The number of carbonyl (C=O) groups is 1. The van der Waals surface area contributed by atoms with Gasteiger partial charge in [-0.1, -0.05) is 24.3 Å². The first-order valence-corrected chi connectivity index (χ1v) is 4.63. The molecule has 0 atom stereocenters. The summed E-state index contributed by atoms with van der Waals surface area (Å²) in [5, 5.41) is 0. The van der Waals surface area contributed by atoms with Crippen LogP contribution in [0.25, 0.3) is 6.08 Å². The Morgan fingerprint density at radius 2 is 2.20 bits per heavy atom. The van der Waals surface area contributed by atoms with Gasteiger partial charge in [0.2, 0.25) is 0 Å². The molecule has 0 radical (unpaired) electrons. The van der Waals surface area contributed by atoms with Crippen molar-refractivity contribution in [2.45, 2.75) is 6.42 Å². The lowest BCUT2D eigenvalue weighted by atomic mass is 10.2. The Balaban J connectivity index is 2.59. The fraction of sp³-hybridized carbons (Fsp3) is 0.250. The van der Waals surface area contributed by atoms with Crippen molar-refractivity contribution >= 4 is 12.0 Å². The van der Waals surface area contributed by atoms with Gasteiger partial charge in [0.25, 0.3) is 0 Å². The van der Waals surface area contributed by atoms with Crippen molar-refractivity contribution in [1.82, 2.24) is 0 Å². The standard InChI is InChI=1S/C12H14O3/c1-14-11-7-3-5-10(9-11)6-4-8-12(13)15-2/h3-7,9H,8H2,1-2H3/b6-4-. The molecule has 0 aromatic heterocycles. The first-order chi connectivity index (χ1) is 7.26. The highest BCUT2D eigenvalue weighted by Gasteiger charge is 1.95. The van der Waals surface area contributed by atoms with E-state index in [-0.39, 0.29) is 12.4 Å². The van der Waals surface area contributed by atoms with Gasteiger partial charge < -0.3 is 9.47 Å². The average molecular weight is 206 g/mol. The molecule has 0 N–H and O–H groups in total. The minimum absolute atomic E-state index is 0.242. The van der Waals surface area contributed by atoms with E-state index in [9.17, 15) is 4.79 Å².